The Bertz CT molecular complexity index is 473. The second-order valence-electron chi connectivity index (χ2n) is 4.37. The minimum Gasteiger partial charge on any atom is -0.481 e. The Balaban J connectivity index is 2.45. The van der Waals surface area contributed by atoms with Crippen LogP contribution in [0.15, 0.2) is 24.8 Å². The molecule has 0 aromatic carbocycles. The van der Waals surface area contributed by atoms with Crippen molar-refractivity contribution >= 4 is 34.8 Å². The molecule has 0 spiro atoms. The molecule has 1 aromatic rings. The minimum absolute atomic E-state index is 0.0137. The molecule has 0 unspecified atom stereocenters. The maximum atomic E-state index is 12.1. The molecule has 0 aliphatic heterocycles. The Kier molecular flexibility index (Phi) is 7.33. The molecule has 0 bridgehead atoms. The third kappa shape index (κ3) is 6.21. The van der Waals surface area contributed by atoms with Crippen LogP contribution in [0.1, 0.15) is 30.6 Å². The maximum absolute atomic E-state index is 12.1. The number of amides is 1. The number of halogens is 1. The van der Waals surface area contributed by atoms with Crippen LogP contribution in [0, 0.1) is 0 Å². The van der Waals surface area contributed by atoms with E-state index in [0.717, 1.165) is 4.88 Å². The van der Waals surface area contributed by atoms with Crippen LogP contribution in [-0.4, -0.2) is 28.4 Å². The summed E-state index contributed by atoms with van der Waals surface area (Å²) in [6, 6.07) is 3.71. The highest BCUT2D eigenvalue weighted by molar-refractivity contribution is 7.16. The summed E-state index contributed by atoms with van der Waals surface area (Å²) in [4.78, 5) is 25.2. The van der Waals surface area contributed by atoms with E-state index in [-0.39, 0.29) is 12.3 Å². The number of hydrogen-bond acceptors (Lipinski definition) is 3. The number of aliphatic carboxylic acids is 1. The van der Waals surface area contributed by atoms with Gasteiger partial charge in [-0.2, -0.15) is 0 Å². The van der Waals surface area contributed by atoms with Gasteiger partial charge in [0.05, 0.1) is 10.9 Å². The highest BCUT2D eigenvalue weighted by Gasteiger charge is 2.13. The molecule has 0 saturated heterocycles. The molecule has 0 saturated carbocycles. The van der Waals surface area contributed by atoms with Crippen LogP contribution in [0.3, 0.4) is 0 Å². The van der Waals surface area contributed by atoms with Crippen LogP contribution >= 0.6 is 22.9 Å². The zero-order chi connectivity index (χ0) is 15.0. The number of carbonyl (C=O) groups is 2. The van der Waals surface area contributed by atoms with E-state index < -0.39 is 5.97 Å². The standard InChI is InChI=1S/C14H18ClNO3S/c1-2-9-16(10-11-7-8-12(15)20-11)13(17)5-3-4-6-14(18)19/h2,7-8H,1,3-6,9-10H2,(H,18,19). The number of unbranched alkanes of at least 4 members (excludes halogenated alkanes) is 1. The molecule has 1 heterocycles. The molecule has 0 atom stereocenters. The number of nitrogens with zero attached hydrogens (tertiary/aromatic N) is 1. The van der Waals surface area contributed by atoms with E-state index in [1.54, 1.807) is 11.0 Å². The van der Waals surface area contributed by atoms with Gasteiger partial charge in [0.2, 0.25) is 5.91 Å². The largest absolute Gasteiger partial charge is 0.481 e. The zero-order valence-electron chi connectivity index (χ0n) is 11.2. The van der Waals surface area contributed by atoms with Crippen molar-refractivity contribution < 1.29 is 14.7 Å². The van der Waals surface area contributed by atoms with Crippen LogP contribution < -0.4 is 0 Å². The van der Waals surface area contributed by atoms with Crippen molar-refractivity contribution in [2.75, 3.05) is 6.54 Å². The SMILES string of the molecule is C=CCN(Cc1ccc(Cl)s1)C(=O)CCCCC(=O)O. The third-order valence-corrected chi connectivity index (χ3v) is 3.92. The molecule has 0 aliphatic carbocycles. The van der Waals surface area contributed by atoms with Gasteiger partial charge in [0, 0.05) is 24.3 Å². The summed E-state index contributed by atoms with van der Waals surface area (Å²) in [5.74, 6) is -0.812. The van der Waals surface area contributed by atoms with Crippen molar-refractivity contribution in [3.8, 4) is 0 Å². The summed E-state index contributed by atoms with van der Waals surface area (Å²) in [6.07, 6.45) is 3.26. The van der Waals surface area contributed by atoms with E-state index in [1.165, 1.54) is 11.3 Å². The number of thiophene rings is 1. The lowest BCUT2D eigenvalue weighted by Crippen LogP contribution is -2.30. The van der Waals surface area contributed by atoms with Gasteiger partial charge >= 0.3 is 5.97 Å². The summed E-state index contributed by atoms with van der Waals surface area (Å²) in [5, 5.41) is 8.55. The quantitative estimate of drug-likeness (QED) is 0.560. The average molecular weight is 316 g/mol. The van der Waals surface area contributed by atoms with Crippen molar-refractivity contribution in [3.05, 3.63) is 34.0 Å². The summed E-state index contributed by atoms with van der Waals surface area (Å²) in [7, 11) is 0. The molecule has 4 nitrogen and oxygen atoms in total. The van der Waals surface area contributed by atoms with Crippen LogP contribution in [0.25, 0.3) is 0 Å². The predicted octanol–water partition coefficient (Wildman–Crippen LogP) is 3.56. The van der Waals surface area contributed by atoms with E-state index in [9.17, 15) is 9.59 Å². The fraction of sp³-hybridized carbons (Fsp3) is 0.429. The van der Waals surface area contributed by atoms with Crippen LogP contribution in [0.4, 0.5) is 0 Å². The zero-order valence-corrected chi connectivity index (χ0v) is 12.8. The van der Waals surface area contributed by atoms with Crippen molar-refractivity contribution in [2.45, 2.75) is 32.2 Å². The number of carbonyl (C=O) groups excluding carboxylic acids is 1. The summed E-state index contributed by atoms with van der Waals surface area (Å²) >= 11 is 7.32. The van der Waals surface area contributed by atoms with Crippen LogP contribution in [0.2, 0.25) is 4.34 Å². The molecule has 6 heteroatoms. The van der Waals surface area contributed by atoms with E-state index in [2.05, 4.69) is 6.58 Å². The molecule has 0 aliphatic rings. The van der Waals surface area contributed by atoms with E-state index >= 15 is 0 Å². The van der Waals surface area contributed by atoms with Gasteiger partial charge in [-0.15, -0.1) is 17.9 Å². The van der Waals surface area contributed by atoms with Crippen LogP contribution in [0.5, 0.6) is 0 Å². The fourth-order valence-corrected chi connectivity index (χ4v) is 2.85. The van der Waals surface area contributed by atoms with Crippen molar-refractivity contribution in [1.82, 2.24) is 4.90 Å². The lowest BCUT2D eigenvalue weighted by atomic mass is 10.2. The molecule has 20 heavy (non-hydrogen) atoms. The molecule has 1 N–H and O–H groups in total. The first kappa shape index (κ1) is 16.7. The molecule has 1 aromatic heterocycles. The van der Waals surface area contributed by atoms with Gasteiger partial charge in [-0.25, -0.2) is 0 Å². The van der Waals surface area contributed by atoms with Gasteiger partial charge in [0.25, 0.3) is 0 Å². The molecule has 1 rings (SSSR count). The summed E-state index contributed by atoms with van der Waals surface area (Å²) < 4.78 is 0.701. The fourth-order valence-electron chi connectivity index (χ4n) is 1.75. The van der Waals surface area contributed by atoms with E-state index in [4.69, 9.17) is 16.7 Å². The molecular formula is C14H18ClNO3S. The number of rotatable bonds is 9. The Morgan fingerprint density at radius 2 is 2.05 bits per heavy atom. The molecule has 110 valence electrons. The molecule has 0 fully saturated rings. The second-order valence-corrected chi connectivity index (χ2v) is 6.17. The number of hydrogen-bond donors (Lipinski definition) is 1. The summed E-state index contributed by atoms with van der Waals surface area (Å²) in [5.41, 5.74) is 0. The highest BCUT2D eigenvalue weighted by Crippen LogP contribution is 2.23. The Morgan fingerprint density at radius 1 is 1.35 bits per heavy atom. The van der Waals surface area contributed by atoms with Gasteiger partial charge in [0.15, 0.2) is 0 Å². The van der Waals surface area contributed by atoms with E-state index in [1.807, 2.05) is 12.1 Å². The lowest BCUT2D eigenvalue weighted by molar-refractivity contribution is -0.137. The maximum Gasteiger partial charge on any atom is 0.303 e. The first-order valence-electron chi connectivity index (χ1n) is 6.37. The van der Waals surface area contributed by atoms with E-state index in [0.29, 0.717) is 36.7 Å². The third-order valence-electron chi connectivity index (χ3n) is 2.71. The van der Waals surface area contributed by atoms with Gasteiger partial charge < -0.3 is 10.0 Å². The smallest absolute Gasteiger partial charge is 0.303 e. The minimum atomic E-state index is -0.825. The van der Waals surface area contributed by atoms with Gasteiger partial charge in [-0.1, -0.05) is 17.7 Å². The Morgan fingerprint density at radius 3 is 2.60 bits per heavy atom. The van der Waals surface area contributed by atoms with Crippen LogP contribution in [-0.2, 0) is 16.1 Å². The van der Waals surface area contributed by atoms with Crippen molar-refractivity contribution in [2.24, 2.45) is 0 Å². The molecule has 0 radical (unpaired) electrons. The number of carboxylic acids is 1. The first-order valence-corrected chi connectivity index (χ1v) is 7.57. The lowest BCUT2D eigenvalue weighted by Gasteiger charge is -2.20. The highest BCUT2D eigenvalue weighted by atomic mass is 35.5. The Labute approximate surface area is 127 Å². The predicted molar refractivity (Wildman–Crippen MR) is 81.0 cm³/mol. The second kappa shape index (κ2) is 8.76. The van der Waals surface area contributed by atoms with Gasteiger partial charge in [-0.3, -0.25) is 9.59 Å². The topological polar surface area (TPSA) is 57.6 Å². The summed E-state index contributed by atoms with van der Waals surface area (Å²) in [6.45, 7) is 4.65. The van der Waals surface area contributed by atoms with Crippen molar-refractivity contribution in [1.29, 1.82) is 0 Å². The molecule has 1 amide bonds. The number of carboxylic acid groups (broad SMARTS) is 1. The van der Waals surface area contributed by atoms with Gasteiger partial charge in [0.1, 0.15) is 0 Å². The van der Waals surface area contributed by atoms with Gasteiger partial charge in [-0.05, 0) is 25.0 Å². The van der Waals surface area contributed by atoms with Crippen molar-refractivity contribution in [3.63, 3.8) is 0 Å². The first-order chi connectivity index (χ1) is 9.52. The average Bonchev–Trinajstić information content (AvgIpc) is 2.79. The molecular weight excluding hydrogens is 298 g/mol. The Hall–Kier alpha value is -1.33. The monoisotopic (exact) mass is 315 g/mol. The normalized spacial score (nSPS) is 10.2.